The fourth-order valence-corrected chi connectivity index (χ4v) is 7.19. The number of nitrogens with zero attached hydrogens (tertiary/aromatic N) is 2. The van der Waals surface area contributed by atoms with Crippen molar-refractivity contribution in [2.24, 2.45) is 0 Å². The lowest BCUT2D eigenvalue weighted by molar-refractivity contribution is 0.620. The third kappa shape index (κ3) is 4.49. The van der Waals surface area contributed by atoms with E-state index in [2.05, 4.69) is 120 Å². The molecule has 49 heavy (non-hydrogen) atoms. The van der Waals surface area contributed by atoms with Gasteiger partial charge in [0.25, 0.3) is 0 Å². The Morgan fingerprint density at radius 3 is 1.94 bits per heavy atom. The molecule has 4 heteroatoms. The number of oxazole rings is 1. The van der Waals surface area contributed by atoms with Gasteiger partial charge in [-0.3, -0.25) is 0 Å². The zero-order chi connectivity index (χ0) is 32.3. The van der Waals surface area contributed by atoms with E-state index in [1.165, 1.54) is 0 Å². The first-order valence-corrected chi connectivity index (χ1v) is 16.5. The molecule has 0 spiro atoms. The van der Waals surface area contributed by atoms with Gasteiger partial charge in [0.2, 0.25) is 5.89 Å². The van der Waals surface area contributed by atoms with E-state index in [4.69, 9.17) is 13.8 Å². The second kappa shape index (κ2) is 11.0. The van der Waals surface area contributed by atoms with E-state index in [1.54, 1.807) is 0 Å². The van der Waals surface area contributed by atoms with Crippen LogP contribution in [0.2, 0.25) is 0 Å². The Kier molecular flexibility index (Phi) is 6.15. The Balaban J connectivity index is 1.13. The molecule has 2 heterocycles. The molecule has 0 aliphatic rings. The molecular formula is C45H28N2O2. The van der Waals surface area contributed by atoms with Gasteiger partial charge in [-0.25, -0.2) is 4.98 Å². The van der Waals surface area contributed by atoms with Crippen LogP contribution in [0.3, 0.4) is 0 Å². The van der Waals surface area contributed by atoms with Crippen LogP contribution in [0.15, 0.2) is 179 Å². The molecule has 0 N–H and O–H groups in total. The Labute approximate surface area is 282 Å². The number of para-hydroxylation sites is 2. The molecule has 0 saturated carbocycles. The summed E-state index contributed by atoms with van der Waals surface area (Å²) in [4.78, 5) is 7.35. The molecule has 230 valence electrons. The van der Waals surface area contributed by atoms with Crippen molar-refractivity contribution in [2.75, 3.05) is 4.90 Å². The van der Waals surface area contributed by atoms with Crippen LogP contribution in [0.1, 0.15) is 0 Å². The number of furan rings is 1. The monoisotopic (exact) mass is 628 g/mol. The Bertz CT molecular complexity index is 2820. The highest BCUT2D eigenvalue weighted by atomic mass is 16.3. The summed E-state index contributed by atoms with van der Waals surface area (Å²) in [6, 6.07) is 59.2. The quantitative estimate of drug-likeness (QED) is 0.178. The molecule has 0 atom stereocenters. The fraction of sp³-hybridized carbons (Fsp3) is 0. The molecule has 0 radical (unpaired) electrons. The van der Waals surface area contributed by atoms with Crippen molar-refractivity contribution in [3.8, 4) is 22.6 Å². The van der Waals surface area contributed by atoms with E-state index >= 15 is 0 Å². The lowest BCUT2D eigenvalue weighted by Crippen LogP contribution is -2.09. The first kappa shape index (κ1) is 27.5. The van der Waals surface area contributed by atoms with Gasteiger partial charge >= 0.3 is 0 Å². The van der Waals surface area contributed by atoms with Gasteiger partial charge < -0.3 is 13.7 Å². The van der Waals surface area contributed by atoms with Gasteiger partial charge in [-0.2, -0.15) is 0 Å². The number of aromatic nitrogens is 1. The third-order valence-electron chi connectivity index (χ3n) is 9.47. The zero-order valence-corrected chi connectivity index (χ0v) is 26.4. The van der Waals surface area contributed by atoms with Crippen molar-refractivity contribution >= 4 is 71.6 Å². The van der Waals surface area contributed by atoms with Crippen LogP contribution in [0.25, 0.3) is 77.2 Å². The van der Waals surface area contributed by atoms with Gasteiger partial charge in [-0.05, 0) is 94.0 Å². The summed E-state index contributed by atoms with van der Waals surface area (Å²) in [7, 11) is 0. The number of benzene rings is 8. The van der Waals surface area contributed by atoms with Crippen molar-refractivity contribution in [1.82, 2.24) is 4.98 Å². The summed E-state index contributed by atoms with van der Waals surface area (Å²) >= 11 is 0. The molecule has 0 aliphatic carbocycles. The normalized spacial score (nSPS) is 11.7. The Morgan fingerprint density at radius 2 is 1.08 bits per heavy atom. The van der Waals surface area contributed by atoms with E-state index < -0.39 is 0 Å². The second-order valence-electron chi connectivity index (χ2n) is 12.4. The van der Waals surface area contributed by atoms with Crippen LogP contribution >= 0.6 is 0 Å². The van der Waals surface area contributed by atoms with Crippen LogP contribution in [0.4, 0.5) is 17.1 Å². The average molecular weight is 629 g/mol. The summed E-state index contributed by atoms with van der Waals surface area (Å²) in [5.41, 5.74) is 9.91. The summed E-state index contributed by atoms with van der Waals surface area (Å²) in [6.07, 6.45) is 0. The van der Waals surface area contributed by atoms with Crippen molar-refractivity contribution < 1.29 is 8.83 Å². The van der Waals surface area contributed by atoms with Gasteiger partial charge in [0.15, 0.2) is 5.58 Å². The van der Waals surface area contributed by atoms with Crippen molar-refractivity contribution in [1.29, 1.82) is 0 Å². The standard InChI is InChI=1S/C45H28N2O2/c1-3-10-32(11-4-1)45-46-44-41(49-45)27-23-31-19-18-30-22-26-35(28-38(30)42(31)44)47(33-12-5-2-6-13-33)34-24-20-29(21-25-34)36-15-9-17-40-43(36)37-14-7-8-16-39(37)48-40/h1-28H. The molecule has 0 bridgehead atoms. The highest BCUT2D eigenvalue weighted by Crippen LogP contribution is 2.42. The first-order chi connectivity index (χ1) is 24.3. The SMILES string of the molecule is c1ccc(-c2nc3c(ccc4ccc5ccc(N(c6ccccc6)c6ccc(-c7cccc8oc9ccccc9c78)cc6)cc5c43)o2)cc1. The van der Waals surface area contributed by atoms with Crippen LogP contribution in [0, 0.1) is 0 Å². The lowest BCUT2D eigenvalue weighted by Gasteiger charge is -2.26. The molecule has 0 amide bonds. The molecule has 0 unspecified atom stereocenters. The fourth-order valence-electron chi connectivity index (χ4n) is 7.19. The van der Waals surface area contributed by atoms with Gasteiger partial charge in [0.1, 0.15) is 16.7 Å². The zero-order valence-electron chi connectivity index (χ0n) is 26.4. The molecule has 8 aromatic carbocycles. The van der Waals surface area contributed by atoms with Crippen LogP contribution in [-0.2, 0) is 0 Å². The maximum Gasteiger partial charge on any atom is 0.227 e. The van der Waals surface area contributed by atoms with Gasteiger partial charge in [0, 0.05) is 38.8 Å². The molecule has 10 rings (SSSR count). The second-order valence-corrected chi connectivity index (χ2v) is 12.4. The first-order valence-electron chi connectivity index (χ1n) is 16.5. The van der Waals surface area contributed by atoms with Gasteiger partial charge in [0.05, 0.1) is 0 Å². The van der Waals surface area contributed by atoms with E-state index in [0.717, 1.165) is 88.3 Å². The lowest BCUT2D eigenvalue weighted by atomic mass is 9.98. The molecular weight excluding hydrogens is 601 g/mol. The van der Waals surface area contributed by atoms with E-state index in [-0.39, 0.29) is 0 Å². The molecule has 2 aromatic heterocycles. The molecule has 10 aromatic rings. The number of rotatable bonds is 5. The topological polar surface area (TPSA) is 42.4 Å². The number of hydrogen-bond acceptors (Lipinski definition) is 4. The highest BCUT2D eigenvalue weighted by Gasteiger charge is 2.18. The molecule has 0 fully saturated rings. The maximum atomic E-state index is 6.29. The summed E-state index contributed by atoms with van der Waals surface area (Å²) in [5.74, 6) is 0.626. The van der Waals surface area contributed by atoms with Gasteiger partial charge in [-0.15, -0.1) is 0 Å². The molecule has 0 saturated heterocycles. The summed E-state index contributed by atoms with van der Waals surface area (Å²) < 4.78 is 12.5. The maximum absolute atomic E-state index is 6.29. The molecule has 0 aliphatic heterocycles. The van der Waals surface area contributed by atoms with E-state index in [0.29, 0.717) is 5.89 Å². The predicted molar refractivity (Wildman–Crippen MR) is 202 cm³/mol. The van der Waals surface area contributed by atoms with Crippen molar-refractivity contribution in [3.05, 3.63) is 170 Å². The van der Waals surface area contributed by atoms with Gasteiger partial charge in [-0.1, -0.05) is 103 Å². The smallest absolute Gasteiger partial charge is 0.227 e. The van der Waals surface area contributed by atoms with E-state index in [9.17, 15) is 0 Å². The number of hydrogen-bond donors (Lipinski definition) is 0. The minimum absolute atomic E-state index is 0.626. The molecule has 4 nitrogen and oxygen atoms in total. The number of fused-ring (bicyclic) bond motifs is 8. The Hall–Kier alpha value is -6.65. The van der Waals surface area contributed by atoms with Crippen LogP contribution in [-0.4, -0.2) is 4.98 Å². The number of anilines is 3. The Morgan fingerprint density at radius 1 is 0.408 bits per heavy atom. The predicted octanol–water partition coefficient (Wildman–Crippen LogP) is 12.8. The van der Waals surface area contributed by atoms with Crippen molar-refractivity contribution in [2.45, 2.75) is 0 Å². The summed E-state index contributed by atoms with van der Waals surface area (Å²) in [5, 5.41) is 6.76. The van der Waals surface area contributed by atoms with Crippen molar-refractivity contribution in [3.63, 3.8) is 0 Å². The van der Waals surface area contributed by atoms with Crippen LogP contribution < -0.4 is 4.90 Å². The largest absolute Gasteiger partial charge is 0.456 e. The minimum atomic E-state index is 0.626. The third-order valence-corrected chi connectivity index (χ3v) is 9.47. The minimum Gasteiger partial charge on any atom is -0.456 e. The average Bonchev–Trinajstić information content (AvgIpc) is 3.78. The highest BCUT2D eigenvalue weighted by molar-refractivity contribution is 6.19. The summed E-state index contributed by atoms with van der Waals surface area (Å²) in [6.45, 7) is 0. The van der Waals surface area contributed by atoms with E-state index in [1.807, 2.05) is 54.6 Å². The van der Waals surface area contributed by atoms with Crippen LogP contribution in [0.5, 0.6) is 0 Å².